The molecule has 0 saturated heterocycles. The summed E-state index contributed by atoms with van der Waals surface area (Å²) in [6, 6.07) is 4.36. The van der Waals surface area contributed by atoms with Gasteiger partial charge in [0.2, 0.25) is 0 Å². The molecule has 1 saturated carbocycles. The molecule has 0 aromatic heterocycles. The molecule has 0 spiro atoms. The van der Waals surface area contributed by atoms with E-state index in [0.717, 1.165) is 18.4 Å². The van der Waals surface area contributed by atoms with Crippen LogP contribution in [0.1, 0.15) is 30.9 Å². The second-order valence-corrected chi connectivity index (χ2v) is 6.15. The molecule has 3 N–H and O–H groups in total. The number of nitrogens with one attached hydrogen (secondary N) is 2. The molecule has 5 nitrogen and oxygen atoms in total. The van der Waals surface area contributed by atoms with Gasteiger partial charge in [-0.25, -0.2) is 4.79 Å². The summed E-state index contributed by atoms with van der Waals surface area (Å²) in [5.41, 5.74) is 0.693. The number of aryl methyl sites for hydroxylation is 1. The molecule has 0 bridgehead atoms. The normalized spacial score (nSPS) is 16.8. The summed E-state index contributed by atoms with van der Waals surface area (Å²) in [6.07, 6.45) is 1.95. The minimum Gasteiger partial charge on any atom is -0.434 e. The third kappa shape index (κ3) is 4.79. The van der Waals surface area contributed by atoms with Crippen LogP contribution < -0.4 is 15.4 Å². The predicted octanol–water partition coefficient (Wildman–Crippen LogP) is 2.56. The number of urea groups is 1. The number of carbonyl (C=O) groups is 1. The molecule has 0 heterocycles. The van der Waals surface area contributed by atoms with E-state index in [2.05, 4.69) is 15.4 Å². The molecule has 1 atom stereocenters. The minimum atomic E-state index is -2.92. The van der Waals surface area contributed by atoms with Crippen LogP contribution in [0.25, 0.3) is 0 Å². The van der Waals surface area contributed by atoms with Crippen molar-refractivity contribution in [1.82, 2.24) is 10.6 Å². The standard InChI is InChI=1S/C16H22F2N2O3/c1-10-3-6-13(23-14(17)18)11(7-10)8-19-15(22)20-16(2,9-21)12-4-5-12/h3,6-7,12,14,21H,4-5,8-9H2,1-2H3,(H2,19,20,22). The van der Waals surface area contributed by atoms with Crippen LogP contribution in [0.4, 0.5) is 13.6 Å². The number of amides is 2. The van der Waals surface area contributed by atoms with Gasteiger partial charge in [-0.1, -0.05) is 17.7 Å². The summed E-state index contributed by atoms with van der Waals surface area (Å²) < 4.78 is 29.3. The third-order valence-electron chi connectivity index (χ3n) is 4.08. The van der Waals surface area contributed by atoms with Crippen LogP contribution in [0, 0.1) is 12.8 Å². The molecule has 7 heteroatoms. The Kier molecular flexibility index (Phi) is 5.41. The number of hydrogen-bond donors (Lipinski definition) is 3. The predicted molar refractivity (Wildman–Crippen MR) is 81.4 cm³/mol. The number of aliphatic hydroxyl groups excluding tert-OH is 1. The molecule has 1 fully saturated rings. The third-order valence-corrected chi connectivity index (χ3v) is 4.08. The smallest absolute Gasteiger partial charge is 0.387 e. The van der Waals surface area contributed by atoms with E-state index in [1.54, 1.807) is 19.1 Å². The summed E-state index contributed by atoms with van der Waals surface area (Å²) in [6.45, 7) is 0.614. The highest BCUT2D eigenvalue weighted by molar-refractivity contribution is 5.75. The van der Waals surface area contributed by atoms with Crippen LogP contribution >= 0.6 is 0 Å². The number of hydrogen-bond acceptors (Lipinski definition) is 3. The summed E-state index contributed by atoms with van der Waals surface area (Å²) in [4.78, 5) is 12.0. The van der Waals surface area contributed by atoms with Gasteiger partial charge in [0.25, 0.3) is 0 Å². The highest BCUT2D eigenvalue weighted by atomic mass is 19.3. The average Bonchev–Trinajstić information content (AvgIpc) is 3.32. The molecular weight excluding hydrogens is 306 g/mol. The number of aliphatic hydroxyl groups is 1. The van der Waals surface area contributed by atoms with E-state index in [4.69, 9.17) is 0 Å². The zero-order chi connectivity index (χ0) is 17.0. The Morgan fingerprint density at radius 1 is 1.48 bits per heavy atom. The molecule has 23 heavy (non-hydrogen) atoms. The number of benzene rings is 1. The highest BCUT2D eigenvalue weighted by Crippen LogP contribution is 2.39. The Balaban J connectivity index is 1.97. The zero-order valence-electron chi connectivity index (χ0n) is 13.2. The minimum absolute atomic E-state index is 0.0398. The van der Waals surface area contributed by atoms with Crippen LogP contribution in [0.2, 0.25) is 0 Å². The maximum Gasteiger partial charge on any atom is 0.387 e. The fraction of sp³-hybridized carbons (Fsp3) is 0.562. The average molecular weight is 328 g/mol. The molecule has 2 amide bonds. The maximum atomic E-state index is 12.4. The van der Waals surface area contributed by atoms with Crippen molar-refractivity contribution in [2.75, 3.05) is 6.61 Å². The van der Waals surface area contributed by atoms with Crippen molar-refractivity contribution in [2.24, 2.45) is 5.92 Å². The lowest BCUT2D eigenvalue weighted by atomic mass is 9.97. The largest absolute Gasteiger partial charge is 0.434 e. The molecule has 1 unspecified atom stereocenters. The molecular formula is C16H22F2N2O3. The first-order valence-corrected chi connectivity index (χ1v) is 7.55. The monoisotopic (exact) mass is 328 g/mol. The molecule has 1 aliphatic carbocycles. The summed E-state index contributed by atoms with van der Waals surface area (Å²) in [5, 5.41) is 14.9. The van der Waals surface area contributed by atoms with E-state index in [-0.39, 0.29) is 24.8 Å². The number of rotatable bonds is 7. The van der Waals surface area contributed by atoms with Gasteiger partial charge in [-0.2, -0.15) is 8.78 Å². The lowest BCUT2D eigenvalue weighted by Gasteiger charge is -2.28. The Morgan fingerprint density at radius 2 is 2.17 bits per heavy atom. The van der Waals surface area contributed by atoms with Crippen LogP contribution in [-0.4, -0.2) is 29.9 Å². The van der Waals surface area contributed by atoms with E-state index in [1.165, 1.54) is 6.07 Å². The van der Waals surface area contributed by atoms with Crippen molar-refractivity contribution in [3.63, 3.8) is 0 Å². The lowest BCUT2D eigenvalue weighted by molar-refractivity contribution is -0.0504. The first-order valence-electron chi connectivity index (χ1n) is 7.55. The van der Waals surface area contributed by atoms with Gasteiger partial charge in [-0.15, -0.1) is 0 Å². The molecule has 0 aliphatic heterocycles. The van der Waals surface area contributed by atoms with Gasteiger partial charge >= 0.3 is 12.6 Å². The second kappa shape index (κ2) is 7.12. The van der Waals surface area contributed by atoms with Gasteiger partial charge < -0.3 is 20.5 Å². The SMILES string of the molecule is Cc1ccc(OC(F)F)c(CNC(=O)NC(C)(CO)C2CC2)c1. The Bertz CT molecular complexity index is 564. The van der Waals surface area contributed by atoms with Crippen molar-refractivity contribution in [1.29, 1.82) is 0 Å². The first-order chi connectivity index (χ1) is 10.8. The van der Waals surface area contributed by atoms with E-state index < -0.39 is 18.2 Å². The Morgan fingerprint density at radius 3 is 2.74 bits per heavy atom. The van der Waals surface area contributed by atoms with Gasteiger partial charge in [-0.05, 0) is 38.7 Å². The summed E-state index contributed by atoms with van der Waals surface area (Å²) in [5.74, 6) is 0.313. The molecule has 1 aromatic carbocycles. The van der Waals surface area contributed by atoms with E-state index in [0.29, 0.717) is 5.56 Å². The maximum absolute atomic E-state index is 12.4. The van der Waals surface area contributed by atoms with Crippen LogP contribution in [0.3, 0.4) is 0 Å². The Labute approximate surface area is 134 Å². The van der Waals surface area contributed by atoms with E-state index in [9.17, 15) is 18.7 Å². The van der Waals surface area contributed by atoms with Gasteiger partial charge in [-0.3, -0.25) is 0 Å². The quantitative estimate of drug-likeness (QED) is 0.720. The Hall–Kier alpha value is -1.89. The van der Waals surface area contributed by atoms with E-state index in [1.807, 2.05) is 6.92 Å². The lowest BCUT2D eigenvalue weighted by Crippen LogP contribution is -2.53. The second-order valence-electron chi connectivity index (χ2n) is 6.15. The van der Waals surface area contributed by atoms with Crippen LogP contribution in [-0.2, 0) is 6.54 Å². The van der Waals surface area contributed by atoms with Crippen molar-refractivity contribution < 1.29 is 23.4 Å². The van der Waals surface area contributed by atoms with Crippen molar-refractivity contribution in [3.05, 3.63) is 29.3 Å². The highest BCUT2D eigenvalue weighted by Gasteiger charge is 2.42. The topological polar surface area (TPSA) is 70.6 Å². The summed E-state index contributed by atoms with van der Waals surface area (Å²) >= 11 is 0. The van der Waals surface area contributed by atoms with E-state index >= 15 is 0 Å². The zero-order valence-corrected chi connectivity index (χ0v) is 13.2. The first kappa shape index (κ1) is 17.5. The van der Waals surface area contributed by atoms with Crippen molar-refractivity contribution >= 4 is 6.03 Å². The van der Waals surface area contributed by atoms with Gasteiger partial charge in [0.05, 0.1) is 12.1 Å². The van der Waals surface area contributed by atoms with Gasteiger partial charge in [0, 0.05) is 12.1 Å². The summed E-state index contributed by atoms with van der Waals surface area (Å²) in [7, 11) is 0. The molecule has 2 rings (SSSR count). The van der Waals surface area contributed by atoms with Crippen LogP contribution in [0.15, 0.2) is 18.2 Å². The molecule has 0 radical (unpaired) electrons. The van der Waals surface area contributed by atoms with Crippen LogP contribution in [0.5, 0.6) is 5.75 Å². The number of halogens is 2. The number of alkyl halides is 2. The number of ether oxygens (including phenoxy) is 1. The fourth-order valence-corrected chi connectivity index (χ4v) is 2.53. The van der Waals surface area contributed by atoms with Crippen molar-refractivity contribution in [3.8, 4) is 5.75 Å². The molecule has 1 aliphatic rings. The fourth-order valence-electron chi connectivity index (χ4n) is 2.53. The van der Waals surface area contributed by atoms with Crippen molar-refractivity contribution in [2.45, 2.75) is 45.4 Å². The van der Waals surface area contributed by atoms with Gasteiger partial charge in [0.15, 0.2) is 0 Å². The molecule has 128 valence electrons. The molecule has 1 aromatic rings. The number of carbonyl (C=O) groups excluding carboxylic acids is 1. The van der Waals surface area contributed by atoms with Gasteiger partial charge in [0.1, 0.15) is 5.75 Å².